The first-order valence-electron chi connectivity index (χ1n) is 11.0. The van der Waals surface area contributed by atoms with Gasteiger partial charge in [-0.15, -0.1) is 0 Å². The highest BCUT2D eigenvalue weighted by Gasteiger charge is 2.41. The summed E-state index contributed by atoms with van der Waals surface area (Å²) in [4.78, 5) is 26.4. The van der Waals surface area contributed by atoms with E-state index in [2.05, 4.69) is 5.32 Å². The van der Waals surface area contributed by atoms with Crippen molar-refractivity contribution in [1.29, 1.82) is 0 Å². The van der Waals surface area contributed by atoms with Gasteiger partial charge in [0, 0.05) is 29.3 Å². The number of rotatable bonds is 5. The second-order valence-electron chi connectivity index (χ2n) is 8.48. The SMILES string of the molecule is COC(=O)C1=C(C)NC2=C(C(=O)CC(c3ccc(OC)c(OC)c3)C2)C1c1ccccc1C. The first kappa shape index (κ1) is 22.6. The zero-order valence-electron chi connectivity index (χ0n) is 19.7. The molecular weight excluding hydrogens is 418 g/mol. The molecule has 33 heavy (non-hydrogen) atoms. The predicted molar refractivity (Wildman–Crippen MR) is 125 cm³/mol. The van der Waals surface area contributed by atoms with Gasteiger partial charge < -0.3 is 19.5 Å². The summed E-state index contributed by atoms with van der Waals surface area (Å²) in [5.41, 5.74) is 5.72. The third kappa shape index (κ3) is 4.01. The van der Waals surface area contributed by atoms with Crippen LogP contribution in [0.25, 0.3) is 0 Å². The van der Waals surface area contributed by atoms with Gasteiger partial charge in [0.25, 0.3) is 0 Å². The Morgan fingerprint density at radius 1 is 0.970 bits per heavy atom. The molecule has 1 N–H and O–H groups in total. The lowest BCUT2D eigenvalue weighted by molar-refractivity contribution is -0.136. The number of methoxy groups -OCH3 is 3. The van der Waals surface area contributed by atoms with Crippen LogP contribution in [0.15, 0.2) is 65.0 Å². The molecule has 0 saturated carbocycles. The van der Waals surface area contributed by atoms with Crippen LogP contribution < -0.4 is 14.8 Å². The Morgan fingerprint density at radius 3 is 2.36 bits per heavy atom. The summed E-state index contributed by atoms with van der Waals surface area (Å²) in [7, 11) is 4.58. The van der Waals surface area contributed by atoms with Crippen LogP contribution in [0.5, 0.6) is 11.5 Å². The van der Waals surface area contributed by atoms with Crippen molar-refractivity contribution >= 4 is 11.8 Å². The van der Waals surface area contributed by atoms with Gasteiger partial charge in [-0.25, -0.2) is 4.79 Å². The summed E-state index contributed by atoms with van der Waals surface area (Å²) in [5, 5.41) is 3.37. The van der Waals surface area contributed by atoms with E-state index in [0.717, 1.165) is 28.1 Å². The van der Waals surface area contributed by atoms with E-state index < -0.39 is 11.9 Å². The number of aryl methyl sites for hydroxylation is 1. The van der Waals surface area contributed by atoms with Crippen LogP contribution in [-0.4, -0.2) is 33.1 Å². The molecule has 2 aromatic carbocycles. The summed E-state index contributed by atoms with van der Waals surface area (Å²) in [6, 6.07) is 13.7. The van der Waals surface area contributed by atoms with Crippen molar-refractivity contribution in [2.24, 2.45) is 0 Å². The first-order valence-corrected chi connectivity index (χ1v) is 11.0. The summed E-state index contributed by atoms with van der Waals surface area (Å²) >= 11 is 0. The Labute approximate surface area is 194 Å². The molecule has 1 heterocycles. The van der Waals surface area contributed by atoms with Crippen LogP contribution in [0.3, 0.4) is 0 Å². The van der Waals surface area contributed by atoms with Crippen LogP contribution >= 0.6 is 0 Å². The molecule has 0 aromatic heterocycles. The molecule has 0 fully saturated rings. The van der Waals surface area contributed by atoms with E-state index in [4.69, 9.17) is 14.2 Å². The smallest absolute Gasteiger partial charge is 0.336 e. The van der Waals surface area contributed by atoms with Crippen molar-refractivity contribution < 1.29 is 23.8 Å². The first-order chi connectivity index (χ1) is 15.9. The maximum atomic E-state index is 13.6. The Morgan fingerprint density at radius 2 is 1.70 bits per heavy atom. The van der Waals surface area contributed by atoms with Crippen molar-refractivity contribution in [2.45, 2.75) is 38.5 Å². The van der Waals surface area contributed by atoms with Crippen LogP contribution in [0.4, 0.5) is 0 Å². The number of dihydropyridines is 1. The molecule has 1 aliphatic heterocycles. The summed E-state index contributed by atoms with van der Waals surface area (Å²) < 4.78 is 15.9. The lowest BCUT2D eigenvalue weighted by Crippen LogP contribution is -2.36. The lowest BCUT2D eigenvalue weighted by Gasteiger charge is -2.37. The van der Waals surface area contributed by atoms with E-state index in [0.29, 0.717) is 35.5 Å². The Hall–Kier alpha value is -3.54. The van der Waals surface area contributed by atoms with Crippen molar-refractivity contribution in [2.75, 3.05) is 21.3 Å². The molecule has 0 bridgehead atoms. The van der Waals surface area contributed by atoms with Crippen LogP contribution in [-0.2, 0) is 14.3 Å². The molecule has 2 unspecified atom stereocenters. The van der Waals surface area contributed by atoms with Gasteiger partial charge in [0.15, 0.2) is 17.3 Å². The van der Waals surface area contributed by atoms with Gasteiger partial charge >= 0.3 is 5.97 Å². The minimum absolute atomic E-state index is 0.00597. The Balaban J connectivity index is 1.79. The van der Waals surface area contributed by atoms with Crippen molar-refractivity contribution in [1.82, 2.24) is 5.32 Å². The van der Waals surface area contributed by atoms with Gasteiger partial charge in [0.1, 0.15) is 0 Å². The number of hydrogen-bond donors (Lipinski definition) is 1. The van der Waals surface area contributed by atoms with Gasteiger partial charge in [0.2, 0.25) is 0 Å². The van der Waals surface area contributed by atoms with E-state index in [1.54, 1.807) is 14.2 Å². The second-order valence-corrected chi connectivity index (χ2v) is 8.48. The number of esters is 1. The standard InChI is InChI=1S/C27H29NO5/c1-15-8-6-7-9-19(15)25-24(27(30)33-5)16(2)28-20-12-18(13-21(29)26(20)25)17-10-11-22(31-3)23(14-17)32-4/h6-11,14,18,25,28H,12-13H2,1-5H3. The van der Waals surface area contributed by atoms with E-state index in [9.17, 15) is 9.59 Å². The highest BCUT2D eigenvalue weighted by atomic mass is 16.5. The van der Waals surface area contributed by atoms with E-state index in [1.807, 2.05) is 56.3 Å². The quantitative estimate of drug-likeness (QED) is 0.678. The number of allylic oxidation sites excluding steroid dienone is 3. The molecule has 2 aromatic rings. The molecule has 6 nitrogen and oxygen atoms in total. The monoisotopic (exact) mass is 447 g/mol. The number of nitrogens with one attached hydrogen (secondary N) is 1. The fourth-order valence-electron chi connectivity index (χ4n) is 4.98. The topological polar surface area (TPSA) is 73.9 Å². The fourth-order valence-corrected chi connectivity index (χ4v) is 4.98. The van der Waals surface area contributed by atoms with E-state index in [1.165, 1.54) is 7.11 Å². The van der Waals surface area contributed by atoms with Crippen LogP contribution in [0, 0.1) is 6.92 Å². The van der Waals surface area contributed by atoms with Crippen LogP contribution in [0.2, 0.25) is 0 Å². The van der Waals surface area contributed by atoms with Crippen molar-refractivity contribution in [3.63, 3.8) is 0 Å². The minimum Gasteiger partial charge on any atom is -0.493 e. The fraction of sp³-hybridized carbons (Fsp3) is 0.333. The van der Waals surface area contributed by atoms with Gasteiger partial charge in [-0.1, -0.05) is 30.3 Å². The summed E-state index contributed by atoms with van der Waals surface area (Å²) in [6.07, 6.45) is 1.01. The van der Waals surface area contributed by atoms with Gasteiger partial charge in [-0.05, 0) is 55.0 Å². The van der Waals surface area contributed by atoms with Gasteiger partial charge in [-0.3, -0.25) is 4.79 Å². The number of hydrogen-bond acceptors (Lipinski definition) is 6. The molecule has 0 radical (unpaired) electrons. The molecule has 0 amide bonds. The number of Topliss-reactive ketones (excluding diaryl/α,β-unsaturated/α-hetero) is 1. The maximum absolute atomic E-state index is 13.6. The minimum atomic E-state index is -0.450. The largest absolute Gasteiger partial charge is 0.493 e. The molecule has 1 aliphatic carbocycles. The molecule has 0 spiro atoms. The molecule has 2 atom stereocenters. The molecule has 4 rings (SSSR count). The number of ketones is 1. The average Bonchev–Trinajstić information content (AvgIpc) is 2.82. The van der Waals surface area contributed by atoms with E-state index >= 15 is 0 Å². The normalized spacial score (nSPS) is 20.2. The van der Waals surface area contributed by atoms with Crippen LogP contribution in [0.1, 0.15) is 48.3 Å². The molecular formula is C27H29NO5. The molecule has 2 aliphatic rings. The van der Waals surface area contributed by atoms with Gasteiger partial charge in [-0.2, -0.15) is 0 Å². The predicted octanol–water partition coefficient (Wildman–Crippen LogP) is 4.55. The molecule has 172 valence electrons. The third-order valence-electron chi connectivity index (χ3n) is 6.61. The number of carbonyl (C=O) groups excluding carboxylic acids is 2. The lowest BCUT2D eigenvalue weighted by atomic mass is 9.71. The van der Waals surface area contributed by atoms with Crippen molar-refractivity contribution in [3.05, 3.63) is 81.7 Å². The molecule has 6 heteroatoms. The van der Waals surface area contributed by atoms with E-state index in [-0.39, 0.29) is 11.7 Å². The zero-order valence-corrected chi connectivity index (χ0v) is 19.7. The highest BCUT2D eigenvalue weighted by molar-refractivity contribution is 6.04. The maximum Gasteiger partial charge on any atom is 0.336 e. The van der Waals surface area contributed by atoms with Gasteiger partial charge in [0.05, 0.1) is 26.9 Å². The zero-order chi connectivity index (χ0) is 23.7. The Kier molecular flexibility index (Phi) is 6.27. The number of benzene rings is 2. The second kappa shape index (κ2) is 9.14. The molecule has 0 saturated heterocycles. The summed E-state index contributed by atoms with van der Waals surface area (Å²) in [6.45, 7) is 3.87. The highest BCUT2D eigenvalue weighted by Crippen LogP contribution is 2.47. The average molecular weight is 448 g/mol. The number of ether oxygens (including phenoxy) is 3. The Bertz CT molecular complexity index is 1180. The third-order valence-corrected chi connectivity index (χ3v) is 6.61. The van der Waals surface area contributed by atoms with Crippen molar-refractivity contribution in [3.8, 4) is 11.5 Å². The summed E-state index contributed by atoms with van der Waals surface area (Å²) in [5.74, 6) is 0.448. The number of carbonyl (C=O) groups is 2.